The highest BCUT2D eigenvalue weighted by Gasteiger charge is 2.42. The van der Waals surface area contributed by atoms with Crippen molar-refractivity contribution in [3.8, 4) is 0 Å². The van der Waals surface area contributed by atoms with Crippen molar-refractivity contribution in [2.24, 2.45) is 5.41 Å². The first-order chi connectivity index (χ1) is 9.94. The highest BCUT2D eigenvalue weighted by Crippen LogP contribution is 2.47. The molecule has 1 aromatic heterocycles. The van der Waals surface area contributed by atoms with Gasteiger partial charge in [-0.15, -0.1) is 0 Å². The fourth-order valence-electron chi connectivity index (χ4n) is 3.34. The van der Waals surface area contributed by atoms with Gasteiger partial charge in [0.25, 0.3) is 5.56 Å². The third-order valence-electron chi connectivity index (χ3n) is 5.02. The summed E-state index contributed by atoms with van der Waals surface area (Å²) >= 11 is 0. The molecule has 0 unspecified atom stereocenters. The fraction of sp³-hybridized carbons (Fsp3) is 0.765. The van der Waals surface area contributed by atoms with Crippen LogP contribution in [0, 0.1) is 5.41 Å². The molecule has 2 saturated carbocycles. The Morgan fingerprint density at radius 2 is 1.95 bits per heavy atom. The van der Waals surface area contributed by atoms with E-state index < -0.39 is 5.60 Å². The van der Waals surface area contributed by atoms with Crippen LogP contribution in [0.4, 0.5) is 0 Å². The molecular weight excluding hydrogens is 264 g/mol. The Bertz CT molecular complexity index is 562. The third kappa shape index (κ3) is 3.05. The molecule has 0 aliphatic heterocycles. The van der Waals surface area contributed by atoms with Crippen molar-refractivity contribution in [1.82, 2.24) is 9.97 Å². The Morgan fingerprint density at radius 3 is 2.52 bits per heavy atom. The molecule has 21 heavy (non-hydrogen) atoms. The van der Waals surface area contributed by atoms with Gasteiger partial charge in [0.15, 0.2) is 0 Å². The predicted molar refractivity (Wildman–Crippen MR) is 82.4 cm³/mol. The summed E-state index contributed by atoms with van der Waals surface area (Å²) in [5.74, 6) is 1.25. The van der Waals surface area contributed by atoms with E-state index in [4.69, 9.17) is 9.72 Å². The molecule has 2 aliphatic carbocycles. The monoisotopic (exact) mass is 290 g/mol. The van der Waals surface area contributed by atoms with Crippen LogP contribution >= 0.6 is 0 Å². The number of ether oxygens (including phenoxy) is 1. The number of nitrogens with zero attached hydrogens (tertiary/aromatic N) is 1. The highest BCUT2D eigenvalue weighted by molar-refractivity contribution is 5.17. The molecular formula is C17H26N2O2. The maximum absolute atomic E-state index is 12.0. The van der Waals surface area contributed by atoms with Gasteiger partial charge >= 0.3 is 0 Å². The standard InChI is InChI=1S/C17H26N2O2/c1-4-21-17(9-7-16(2,3)8-10-17)15-18-13(12-5-6-12)11-14(20)19-15/h11-12H,4-10H2,1-3H3,(H,18,19,20). The third-order valence-corrected chi connectivity index (χ3v) is 5.02. The van der Waals surface area contributed by atoms with Crippen LogP contribution in [0.15, 0.2) is 10.9 Å². The first kappa shape index (κ1) is 14.8. The summed E-state index contributed by atoms with van der Waals surface area (Å²) in [6, 6.07) is 1.66. The minimum Gasteiger partial charge on any atom is -0.367 e. The summed E-state index contributed by atoms with van der Waals surface area (Å²) in [7, 11) is 0. The summed E-state index contributed by atoms with van der Waals surface area (Å²) in [6.07, 6.45) is 6.39. The van der Waals surface area contributed by atoms with E-state index in [1.165, 1.54) is 0 Å². The van der Waals surface area contributed by atoms with Gasteiger partial charge in [0.05, 0.1) is 5.69 Å². The molecule has 0 aromatic carbocycles. The van der Waals surface area contributed by atoms with Crippen molar-refractivity contribution in [3.63, 3.8) is 0 Å². The lowest BCUT2D eigenvalue weighted by Crippen LogP contribution is -2.40. The van der Waals surface area contributed by atoms with Crippen molar-refractivity contribution >= 4 is 0 Å². The van der Waals surface area contributed by atoms with E-state index in [1.807, 2.05) is 6.92 Å². The quantitative estimate of drug-likeness (QED) is 0.923. The number of rotatable bonds is 4. The smallest absolute Gasteiger partial charge is 0.251 e. The Hall–Kier alpha value is -1.16. The molecule has 0 atom stereocenters. The number of H-pyrrole nitrogens is 1. The van der Waals surface area contributed by atoms with Crippen LogP contribution in [-0.2, 0) is 10.3 Å². The van der Waals surface area contributed by atoms with Crippen LogP contribution in [0.2, 0.25) is 0 Å². The first-order valence-corrected chi connectivity index (χ1v) is 8.20. The SMILES string of the molecule is CCOC1(c2nc(C3CC3)cc(=O)[nH]2)CCC(C)(C)CC1. The van der Waals surface area contributed by atoms with Crippen molar-refractivity contribution in [2.45, 2.75) is 70.8 Å². The van der Waals surface area contributed by atoms with E-state index >= 15 is 0 Å². The molecule has 0 bridgehead atoms. The van der Waals surface area contributed by atoms with Gasteiger partial charge in [0, 0.05) is 18.6 Å². The van der Waals surface area contributed by atoms with Crippen molar-refractivity contribution in [1.29, 1.82) is 0 Å². The number of aromatic amines is 1. The van der Waals surface area contributed by atoms with Crippen LogP contribution in [0.25, 0.3) is 0 Å². The minimum absolute atomic E-state index is 0.0363. The van der Waals surface area contributed by atoms with E-state index in [0.717, 1.165) is 50.0 Å². The maximum Gasteiger partial charge on any atom is 0.251 e. The van der Waals surface area contributed by atoms with Crippen LogP contribution in [-0.4, -0.2) is 16.6 Å². The summed E-state index contributed by atoms with van der Waals surface area (Å²) in [4.78, 5) is 19.7. The normalized spacial score (nSPS) is 24.0. The Labute approximate surface area is 126 Å². The second-order valence-electron chi connectivity index (χ2n) is 7.38. The molecule has 1 aromatic rings. The van der Waals surface area contributed by atoms with Gasteiger partial charge in [0.2, 0.25) is 0 Å². The molecule has 1 heterocycles. The van der Waals surface area contributed by atoms with Crippen molar-refractivity contribution in [2.75, 3.05) is 6.61 Å². The van der Waals surface area contributed by atoms with E-state index in [-0.39, 0.29) is 5.56 Å². The molecule has 2 fully saturated rings. The largest absolute Gasteiger partial charge is 0.367 e. The lowest BCUT2D eigenvalue weighted by molar-refractivity contribution is -0.0950. The molecule has 1 N–H and O–H groups in total. The molecule has 0 radical (unpaired) electrons. The average Bonchev–Trinajstić information content (AvgIpc) is 3.25. The number of hydrogen-bond donors (Lipinski definition) is 1. The zero-order chi connectivity index (χ0) is 15.1. The van der Waals surface area contributed by atoms with E-state index in [9.17, 15) is 4.79 Å². The second kappa shape index (κ2) is 5.24. The molecule has 3 rings (SSSR count). The van der Waals surface area contributed by atoms with Crippen molar-refractivity contribution < 1.29 is 4.74 Å². The molecule has 0 spiro atoms. The number of aromatic nitrogens is 2. The van der Waals surface area contributed by atoms with E-state index in [0.29, 0.717) is 17.9 Å². The van der Waals surface area contributed by atoms with E-state index in [2.05, 4.69) is 18.8 Å². The highest BCUT2D eigenvalue weighted by atomic mass is 16.5. The van der Waals surface area contributed by atoms with Gasteiger partial charge in [-0.1, -0.05) is 13.8 Å². The molecule has 2 aliphatic rings. The molecule has 0 saturated heterocycles. The van der Waals surface area contributed by atoms with Gasteiger partial charge in [-0.25, -0.2) is 4.98 Å². The van der Waals surface area contributed by atoms with E-state index in [1.54, 1.807) is 6.07 Å². The zero-order valence-corrected chi connectivity index (χ0v) is 13.4. The molecule has 4 heteroatoms. The lowest BCUT2D eigenvalue weighted by atomic mass is 9.70. The molecule has 116 valence electrons. The Balaban J connectivity index is 1.95. The summed E-state index contributed by atoms with van der Waals surface area (Å²) in [5, 5.41) is 0. The van der Waals surface area contributed by atoms with Crippen LogP contribution in [0.5, 0.6) is 0 Å². The van der Waals surface area contributed by atoms with Crippen LogP contribution in [0.1, 0.15) is 76.7 Å². The lowest BCUT2D eigenvalue weighted by Gasteiger charge is -2.42. The molecule has 4 nitrogen and oxygen atoms in total. The Morgan fingerprint density at radius 1 is 1.29 bits per heavy atom. The predicted octanol–water partition coefficient (Wildman–Crippen LogP) is 3.48. The van der Waals surface area contributed by atoms with Gasteiger partial charge in [-0.05, 0) is 50.9 Å². The van der Waals surface area contributed by atoms with Gasteiger partial charge in [0.1, 0.15) is 11.4 Å². The summed E-state index contributed by atoms with van der Waals surface area (Å²) in [6.45, 7) is 7.28. The maximum atomic E-state index is 12.0. The zero-order valence-electron chi connectivity index (χ0n) is 13.4. The van der Waals surface area contributed by atoms with Crippen LogP contribution < -0.4 is 5.56 Å². The topological polar surface area (TPSA) is 55.0 Å². The van der Waals surface area contributed by atoms with Crippen LogP contribution in [0.3, 0.4) is 0 Å². The molecule has 0 amide bonds. The fourth-order valence-corrected chi connectivity index (χ4v) is 3.34. The van der Waals surface area contributed by atoms with Gasteiger partial charge in [-0.2, -0.15) is 0 Å². The van der Waals surface area contributed by atoms with Gasteiger partial charge < -0.3 is 9.72 Å². The summed E-state index contributed by atoms with van der Waals surface area (Å²) in [5.41, 5.74) is 0.882. The van der Waals surface area contributed by atoms with Crippen molar-refractivity contribution in [3.05, 3.63) is 27.9 Å². The average molecular weight is 290 g/mol. The number of nitrogens with one attached hydrogen (secondary N) is 1. The minimum atomic E-state index is -0.395. The number of hydrogen-bond acceptors (Lipinski definition) is 3. The summed E-state index contributed by atoms with van der Waals surface area (Å²) < 4.78 is 6.13. The first-order valence-electron chi connectivity index (χ1n) is 8.20. The Kier molecular flexibility index (Phi) is 3.68. The van der Waals surface area contributed by atoms with Gasteiger partial charge in [-0.3, -0.25) is 4.79 Å². The second-order valence-corrected chi connectivity index (χ2v) is 7.38.